The Bertz CT molecular complexity index is 446. The van der Waals surface area contributed by atoms with E-state index in [2.05, 4.69) is 19.9 Å². The maximum absolute atomic E-state index is 11.2. The van der Waals surface area contributed by atoms with Gasteiger partial charge in [-0.05, 0) is 24.0 Å². The Morgan fingerprint density at radius 1 is 1.53 bits per heavy atom. The van der Waals surface area contributed by atoms with Crippen LogP contribution in [0.5, 0.6) is 5.75 Å². The molecule has 4 nitrogen and oxygen atoms in total. The molecule has 0 aromatic heterocycles. The number of nitrogens with two attached hydrogens (primary N) is 1. The lowest BCUT2D eigenvalue weighted by atomic mass is 9.88. The van der Waals surface area contributed by atoms with Crippen LogP contribution in [0, 0.1) is 5.92 Å². The molecule has 2 N–H and O–H groups in total. The Hall–Kier alpha value is -1.55. The fourth-order valence-electron chi connectivity index (χ4n) is 2.67. The predicted octanol–water partition coefficient (Wildman–Crippen LogP) is 1.56. The van der Waals surface area contributed by atoms with E-state index in [0.717, 1.165) is 18.6 Å². The van der Waals surface area contributed by atoms with Crippen LogP contribution in [0.3, 0.4) is 0 Å². The van der Waals surface area contributed by atoms with Gasteiger partial charge in [0.2, 0.25) is 6.41 Å². The van der Waals surface area contributed by atoms with Crippen LogP contribution in [0.4, 0.5) is 0 Å². The predicted molar refractivity (Wildman–Crippen MR) is 74.9 cm³/mol. The molecule has 0 aliphatic carbocycles. The van der Waals surface area contributed by atoms with E-state index in [1.165, 1.54) is 11.1 Å². The summed E-state index contributed by atoms with van der Waals surface area (Å²) in [6.45, 7) is 6.00. The molecule has 1 atom stereocenters. The summed E-state index contributed by atoms with van der Waals surface area (Å²) in [4.78, 5) is 13.1. The van der Waals surface area contributed by atoms with Gasteiger partial charge >= 0.3 is 0 Å². The normalized spacial score (nSPS) is 18.3. The molecule has 0 bridgehead atoms. The standard InChI is InChI=1S/C15H22N2O2/c1-11(2)14-8-13-12(9-17(14)10-18)4-3-5-15(13)19-7-6-16/h3-5,10-11,14H,6-9,16H2,1-2H3. The molecule has 19 heavy (non-hydrogen) atoms. The maximum atomic E-state index is 11.2. The molecule has 1 amide bonds. The van der Waals surface area contributed by atoms with E-state index >= 15 is 0 Å². The zero-order valence-corrected chi connectivity index (χ0v) is 11.6. The van der Waals surface area contributed by atoms with Crippen LogP contribution in [0.25, 0.3) is 0 Å². The van der Waals surface area contributed by atoms with E-state index < -0.39 is 0 Å². The summed E-state index contributed by atoms with van der Waals surface area (Å²) in [5.41, 5.74) is 7.90. The Balaban J connectivity index is 2.30. The van der Waals surface area contributed by atoms with Crippen LogP contribution in [0.15, 0.2) is 18.2 Å². The second kappa shape index (κ2) is 6.06. The topological polar surface area (TPSA) is 55.6 Å². The number of nitrogens with zero attached hydrogens (tertiary/aromatic N) is 1. The summed E-state index contributed by atoms with van der Waals surface area (Å²) in [6, 6.07) is 6.27. The van der Waals surface area contributed by atoms with Crippen molar-refractivity contribution in [2.45, 2.75) is 32.9 Å². The van der Waals surface area contributed by atoms with Crippen molar-refractivity contribution in [1.82, 2.24) is 4.90 Å². The van der Waals surface area contributed by atoms with Gasteiger partial charge in [0.25, 0.3) is 0 Å². The molecular formula is C15H22N2O2. The SMILES string of the molecule is CC(C)C1Cc2c(cccc2OCCN)CN1C=O. The minimum Gasteiger partial charge on any atom is -0.492 e. The number of rotatable bonds is 5. The fraction of sp³-hybridized carbons (Fsp3) is 0.533. The number of benzene rings is 1. The van der Waals surface area contributed by atoms with Crippen LogP contribution in [0.1, 0.15) is 25.0 Å². The summed E-state index contributed by atoms with van der Waals surface area (Å²) in [7, 11) is 0. The maximum Gasteiger partial charge on any atom is 0.210 e. The van der Waals surface area contributed by atoms with Gasteiger partial charge in [0.1, 0.15) is 12.4 Å². The Kier molecular flexibility index (Phi) is 4.43. The second-order valence-electron chi connectivity index (χ2n) is 5.32. The Labute approximate surface area is 114 Å². The molecule has 1 aliphatic rings. The molecule has 1 aromatic carbocycles. The van der Waals surface area contributed by atoms with Gasteiger partial charge in [-0.15, -0.1) is 0 Å². The highest BCUT2D eigenvalue weighted by molar-refractivity contribution is 5.52. The van der Waals surface area contributed by atoms with Gasteiger partial charge in [0.15, 0.2) is 0 Å². The molecular weight excluding hydrogens is 240 g/mol. The van der Waals surface area contributed by atoms with E-state index in [1.54, 1.807) is 0 Å². The van der Waals surface area contributed by atoms with Crippen LogP contribution in [0.2, 0.25) is 0 Å². The molecule has 0 radical (unpaired) electrons. The van der Waals surface area contributed by atoms with Gasteiger partial charge in [-0.25, -0.2) is 0 Å². The molecule has 1 heterocycles. The Morgan fingerprint density at radius 2 is 2.32 bits per heavy atom. The second-order valence-corrected chi connectivity index (χ2v) is 5.32. The number of hydrogen-bond donors (Lipinski definition) is 1. The lowest BCUT2D eigenvalue weighted by Gasteiger charge is -2.37. The minimum absolute atomic E-state index is 0.243. The van der Waals surface area contributed by atoms with Crippen LogP contribution >= 0.6 is 0 Å². The summed E-state index contributed by atoms with van der Waals surface area (Å²) >= 11 is 0. The third-order valence-electron chi connectivity index (χ3n) is 3.70. The highest BCUT2D eigenvalue weighted by Gasteiger charge is 2.29. The average Bonchev–Trinajstić information content (AvgIpc) is 2.43. The number of fused-ring (bicyclic) bond motifs is 1. The smallest absolute Gasteiger partial charge is 0.210 e. The molecule has 1 aromatic rings. The highest BCUT2D eigenvalue weighted by Crippen LogP contribution is 2.32. The number of carbonyl (C=O) groups excluding carboxylic acids is 1. The van der Waals surface area contributed by atoms with Crippen molar-refractivity contribution in [1.29, 1.82) is 0 Å². The van der Waals surface area contributed by atoms with Crippen molar-refractivity contribution in [2.75, 3.05) is 13.2 Å². The van der Waals surface area contributed by atoms with Gasteiger partial charge < -0.3 is 15.4 Å². The average molecular weight is 262 g/mol. The molecule has 0 spiro atoms. The van der Waals surface area contributed by atoms with E-state index in [-0.39, 0.29) is 6.04 Å². The van der Waals surface area contributed by atoms with Crippen molar-refractivity contribution in [3.63, 3.8) is 0 Å². The lowest BCUT2D eigenvalue weighted by molar-refractivity contribution is -0.122. The molecule has 2 rings (SSSR count). The summed E-state index contributed by atoms with van der Waals surface area (Å²) in [5, 5.41) is 0. The quantitative estimate of drug-likeness (QED) is 0.819. The third-order valence-corrected chi connectivity index (χ3v) is 3.70. The van der Waals surface area contributed by atoms with E-state index in [1.807, 2.05) is 17.0 Å². The largest absolute Gasteiger partial charge is 0.492 e. The first kappa shape index (κ1) is 13.9. The van der Waals surface area contributed by atoms with Crippen molar-refractivity contribution >= 4 is 6.41 Å². The van der Waals surface area contributed by atoms with Gasteiger partial charge in [0.05, 0.1) is 0 Å². The van der Waals surface area contributed by atoms with Crippen molar-refractivity contribution in [3.05, 3.63) is 29.3 Å². The van der Waals surface area contributed by atoms with Crippen LogP contribution in [-0.2, 0) is 17.8 Å². The van der Waals surface area contributed by atoms with Crippen LogP contribution in [-0.4, -0.2) is 30.5 Å². The monoisotopic (exact) mass is 262 g/mol. The molecule has 1 unspecified atom stereocenters. The Morgan fingerprint density at radius 3 is 2.95 bits per heavy atom. The summed E-state index contributed by atoms with van der Waals surface area (Å²) in [6.07, 6.45) is 1.81. The minimum atomic E-state index is 0.243. The molecule has 0 fully saturated rings. The first-order valence-electron chi connectivity index (χ1n) is 6.82. The molecule has 0 saturated carbocycles. The van der Waals surface area contributed by atoms with Gasteiger partial charge in [-0.2, -0.15) is 0 Å². The van der Waals surface area contributed by atoms with E-state index in [0.29, 0.717) is 25.6 Å². The van der Waals surface area contributed by atoms with Gasteiger partial charge in [0, 0.05) is 24.7 Å². The van der Waals surface area contributed by atoms with Crippen molar-refractivity contribution in [3.8, 4) is 5.75 Å². The highest BCUT2D eigenvalue weighted by atomic mass is 16.5. The molecule has 0 saturated heterocycles. The molecule has 4 heteroatoms. The zero-order chi connectivity index (χ0) is 13.8. The number of carbonyl (C=O) groups is 1. The van der Waals surface area contributed by atoms with Crippen molar-refractivity contribution < 1.29 is 9.53 Å². The number of ether oxygens (including phenoxy) is 1. The van der Waals surface area contributed by atoms with Crippen LogP contribution < -0.4 is 10.5 Å². The summed E-state index contributed by atoms with van der Waals surface area (Å²) < 4.78 is 5.72. The first-order valence-corrected chi connectivity index (χ1v) is 6.82. The molecule has 1 aliphatic heterocycles. The third kappa shape index (κ3) is 2.89. The first-order chi connectivity index (χ1) is 9.17. The number of hydrogen-bond acceptors (Lipinski definition) is 3. The fourth-order valence-corrected chi connectivity index (χ4v) is 2.67. The zero-order valence-electron chi connectivity index (χ0n) is 11.6. The van der Waals surface area contributed by atoms with Crippen molar-refractivity contribution in [2.24, 2.45) is 11.7 Å². The van der Waals surface area contributed by atoms with E-state index in [4.69, 9.17) is 10.5 Å². The number of amides is 1. The summed E-state index contributed by atoms with van der Waals surface area (Å²) in [5.74, 6) is 1.35. The molecule has 104 valence electrons. The van der Waals surface area contributed by atoms with E-state index in [9.17, 15) is 4.79 Å². The van der Waals surface area contributed by atoms with Gasteiger partial charge in [-0.3, -0.25) is 4.79 Å². The van der Waals surface area contributed by atoms with Gasteiger partial charge in [-0.1, -0.05) is 26.0 Å². The lowest BCUT2D eigenvalue weighted by Crippen LogP contribution is -2.42.